The largest absolute Gasteiger partial charge is 0.253 e. The Morgan fingerprint density at radius 1 is 1.36 bits per heavy atom. The predicted octanol–water partition coefficient (Wildman–Crippen LogP) is 1.27. The highest BCUT2D eigenvalue weighted by atomic mass is 35.5. The number of halogens is 1. The summed E-state index contributed by atoms with van der Waals surface area (Å²) in [6.45, 7) is 1.96. The Labute approximate surface area is 85.8 Å². The van der Waals surface area contributed by atoms with Gasteiger partial charge in [-0.2, -0.15) is 4.68 Å². The van der Waals surface area contributed by atoms with Gasteiger partial charge in [-0.3, -0.25) is 0 Å². The van der Waals surface area contributed by atoms with Crippen LogP contribution in [0.4, 0.5) is 0 Å². The first kappa shape index (κ1) is 9.08. The number of aryl methyl sites for hydroxylation is 1. The summed E-state index contributed by atoms with van der Waals surface area (Å²) < 4.78 is 1.42. The zero-order chi connectivity index (χ0) is 9.97. The molecule has 0 unspecified atom stereocenters. The summed E-state index contributed by atoms with van der Waals surface area (Å²) in [6.07, 6.45) is 4.00. The summed E-state index contributed by atoms with van der Waals surface area (Å²) in [5.41, 5.74) is 0. The molecule has 2 heterocycles. The Morgan fingerprint density at radius 3 is 2.64 bits per heavy atom. The monoisotopic (exact) mass is 209 g/mol. The minimum atomic E-state index is 0.285. The second-order valence-corrected chi connectivity index (χ2v) is 2.95. The standard InChI is InChI=1S/C8H8ClN5/c1-2-6-12-7(9)14(13-6)8-10-4-3-5-11-8/h3-5H,2H2,1H3. The summed E-state index contributed by atoms with van der Waals surface area (Å²) in [4.78, 5) is 12.1. The van der Waals surface area contributed by atoms with Crippen LogP contribution in [0.2, 0.25) is 5.28 Å². The van der Waals surface area contributed by atoms with E-state index in [-0.39, 0.29) is 5.28 Å². The van der Waals surface area contributed by atoms with Crippen molar-refractivity contribution >= 4 is 11.6 Å². The van der Waals surface area contributed by atoms with Crippen LogP contribution in [0.1, 0.15) is 12.7 Å². The Morgan fingerprint density at radius 2 is 2.07 bits per heavy atom. The highest BCUT2D eigenvalue weighted by Gasteiger charge is 2.09. The number of rotatable bonds is 2. The molecule has 14 heavy (non-hydrogen) atoms. The zero-order valence-corrected chi connectivity index (χ0v) is 8.31. The minimum Gasteiger partial charge on any atom is -0.220 e. The molecule has 0 aliphatic carbocycles. The van der Waals surface area contributed by atoms with E-state index in [0.717, 1.165) is 6.42 Å². The molecule has 5 nitrogen and oxygen atoms in total. The number of hydrogen-bond acceptors (Lipinski definition) is 4. The van der Waals surface area contributed by atoms with Crippen molar-refractivity contribution in [1.29, 1.82) is 0 Å². The molecular formula is C8H8ClN5. The maximum atomic E-state index is 5.87. The van der Waals surface area contributed by atoms with Crippen LogP contribution < -0.4 is 0 Å². The van der Waals surface area contributed by atoms with Gasteiger partial charge in [0.15, 0.2) is 5.82 Å². The third kappa shape index (κ3) is 1.58. The quantitative estimate of drug-likeness (QED) is 0.748. The molecule has 0 fully saturated rings. The van der Waals surface area contributed by atoms with E-state index < -0.39 is 0 Å². The number of aromatic nitrogens is 5. The van der Waals surface area contributed by atoms with Gasteiger partial charge in [-0.15, -0.1) is 5.10 Å². The van der Waals surface area contributed by atoms with Crippen molar-refractivity contribution in [2.45, 2.75) is 13.3 Å². The third-order valence-electron chi connectivity index (χ3n) is 1.67. The Balaban J connectivity index is 2.46. The molecular weight excluding hydrogens is 202 g/mol. The van der Waals surface area contributed by atoms with Crippen LogP contribution in [0.15, 0.2) is 18.5 Å². The fraction of sp³-hybridized carbons (Fsp3) is 0.250. The van der Waals surface area contributed by atoms with Crippen LogP contribution >= 0.6 is 11.6 Å². The first-order chi connectivity index (χ1) is 6.81. The molecule has 0 radical (unpaired) electrons. The molecule has 2 rings (SSSR count). The summed E-state index contributed by atoms with van der Waals surface area (Å²) in [5.74, 6) is 1.12. The molecule has 0 aromatic carbocycles. The van der Waals surface area contributed by atoms with Gasteiger partial charge in [0.2, 0.25) is 5.28 Å². The lowest BCUT2D eigenvalue weighted by molar-refractivity contribution is 0.785. The topological polar surface area (TPSA) is 56.5 Å². The van der Waals surface area contributed by atoms with E-state index in [1.165, 1.54) is 4.68 Å². The van der Waals surface area contributed by atoms with Crippen LogP contribution in [-0.4, -0.2) is 24.7 Å². The molecule has 0 N–H and O–H groups in total. The average Bonchev–Trinajstić information content (AvgIpc) is 2.61. The predicted molar refractivity (Wildman–Crippen MR) is 51.3 cm³/mol. The number of hydrogen-bond donors (Lipinski definition) is 0. The van der Waals surface area contributed by atoms with Crippen LogP contribution in [0.25, 0.3) is 5.95 Å². The second kappa shape index (κ2) is 3.71. The molecule has 2 aromatic rings. The van der Waals surface area contributed by atoms with Crippen molar-refractivity contribution in [3.63, 3.8) is 0 Å². The fourth-order valence-electron chi connectivity index (χ4n) is 1.01. The Kier molecular flexibility index (Phi) is 2.41. The average molecular weight is 210 g/mol. The molecule has 0 atom stereocenters. The third-order valence-corrected chi connectivity index (χ3v) is 1.91. The van der Waals surface area contributed by atoms with E-state index in [2.05, 4.69) is 20.1 Å². The molecule has 0 saturated heterocycles. The minimum absolute atomic E-state index is 0.285. The Hall–Kier alpha value is -1.49. The van der Waals surface area contributed by atoms with E-state index >= 15 is 0 Å². The molecule has 0 amide bonds. The molecule has 0 bridgehead atoms. The first-order valence-corrected chi connectivity index (χ1v) is 4.58. The first-order valence-electron chi connectivity index (χ1n) is 4.20. The zero-order valence-electron chi connectivity index (χ0n) is 7.55. The fourth-order valence-corrected chi connectivity index (χ4v) is 1.22. The molecule has 0 aliphatic heterocycles. The molecule has 72 valence electrons. The van der Waals surface area contributed by atoms with Gasteiger partial charge in [0.05, 0.1) is 0 Å². The molecule has 0 aliphatic rings. The van der Waals surface area contributed by atoms with Gasteiger partial charge in [-0.05, 0) is 17.7 Å². The van der Waals surface area contributed by atoms with E-state index in [1.54, 1.807) is 18.5 Å². The van der Waals surface area contributed by atoms with Gasteiger partial charge in [0, 0.05) is 18.8 Å². The lowest BCUT2D eigenvalue weighted by atomic mass is 10.5. The van der Waals surface area contributed by atoms with Crippen molar-refractivity contribution in [3.05, 3.63) is 29.6 Å². The van der Waals surface area contributed by atoms with E-state index in [4.69, 9.17) is 11.6 Å². The molecule has 6 heteroatoms. The van der Waals surface area contributed by atoms with Gasteiger partial charge in [-0.25, -0.2) is 15.0 Å². The van der Waals surface area contributed by atoms with Crippen LogP contribution in [0, 0.1) is 0 Å². The SMILES string of the molecule is CCc1nc(Cl)n(-c2ncccn2)n1. The summed E-state index contributed by atoms with van der Waals surface area (Å²) >= 11 is 5.87. The van der Waals surface area contributed by atoms with Crippen molar-refractivity contribution in [2.24, 2.45) is 0 Å². The van der Waals surface area contributed by atoms with Gasteiger partial charge in [0.25, 0.3) is 5.95 Å². The van der Waals surface area contributed by atoms with Crippen molar-refractivity contribution in [2.75, 3.05) is 0 Å². The normalized spacial score (nSPS) is 10.4. The van der Waals surface area contributed by atoms with Crippen LogP contribution in [0.3, 0.4) is 0 Å². The van der Waals surface area contributed by atoms with Gasteiger partial charge in [-0.1, -0.05) is 6.92 Å². The second-order valence-electron chi connectivity index (χ2n) is 2.61. The van der Waals surface area contributed by atoms with Crippen LogP contribution in [0.5, 0.6) is 0 Å². The van der Waals surface area contributed by atoms with Crippen LogP contribution in [-0.2, 0) is 6.42 Å². The van der Waals surface area contributed by atoms with Gasteiger partial charge >= 0.3 is 0 Å². The highest BCUT2D eigenvalue weighted by Crippen LogP contribution is 2.09. The van der Waals surface area contributed by atoms with Crippen molar-refractivity contribution < 1.29 is 0 Å². The summed E-state index contributed by atoms with van der Waals surface area (Å²) in [5, 5.41) is 4.43. The van der Waals surface area contributed by atoms with Gasteiger partial charge in [0.1, 0.15) is 0 Å². The highest BCUT2D eigenvalue weighted by molar-refractivity contribution is 6.28. The van der Waals surface area contributed by atoms with Gasteiger partial charge < -0.3 is 0 Å². The smallest absolute Gasteiger partial charge is 0.220 e. The van der Waals surface area contributed by atoms with Crippen molar-refractivity contribution in [1.82, 2.24) is 24.7 Å². The number of nitrogens with zero attached hydrogens (tertiary/aromatic N) is 5. The Bertz CT molecular complexity index is 425. The van der Waals surface area contributed by atoms with E-state index in [1.807, 2.05) is 6.92 Å². The molecule has 0 saturated carbocycles. The van der Waals surface area contributed by atoms with E-state index in [9.17, 15) is 0 Å². The lowest BCUT2D eigenvalue weighted by Gasteiger charge is -1.96. The molecule has 0 spiro atoms. The molecule has 2 aromatic heterocycles. The van der Waals surface area contributed by atoms with E-state index in [0.29, 0.717) is 11.8 Å². The maximum absolute atomic E-state index is 5.87. The van der Waals surface area contributed by atoms with Crippen molar-refractivity contribution in [3.8, 4) is 5.95 Å². The lowest BCUT2D eigenvalue weighted by Crippen LogP contribution is -2.02. The summed E-state index contributed by atoms with van der Waals surface area (Å²) in [7, 11) is 0. The summed E-state index contributed by atoms with van der Waals surface area (Å²) in [6, 6.07) is 1.73. The maximum Gasteiger partial charge on any atom is 0.253 e.